The number of nitrogens with zero attached hydrogens (tertiary/aromatic N) is 2. The number of aromatic nitrogens is 1. The van der Waals surface area contributed by atoms with E-state index in [1.165, 1.54) is 0 Å². The number of hydrogen-bond acceptors (Lipinski definition) is 5. The van der Waals surface area contributed by atoms with Crippen LogP contribution in [0, 0.1) is 0 Å². The van der Waals surface area contributed by atoms with Gasteiger partial charge in [0, 0.05) is 0 Å². The van der Waals surface area contributed by atoms with Gasteiger partial charge in [0.2, 0.25) is 5.91 Å². The highest BCUT2D eigenvalue weighted by Crippen LogP contribution is 2.26. The quantitative estimate of drug-likeness (QED) is 0.737. The van der Waals surface area contributed by atoms with Gasteiger partial charge in [-0.15, -0.1) is 11.3 Å². The Hall–Kier alpha value is -2.77. The highest BCUT2D eigenvalue weighted by atomic mass is 32.1. The van der Waals surface area contributed by atoms with E-state index in [0.29, 0.717) is 6.54 Å². The van der Waals surface area contributed by atoms with Gasteiger partial charge in [0.25, 0.3) is 0 Å². The van der Waals surface area contributed by atoms with Gasteiger partial charge in [-0.25, -0.2) is 9.78 Å². The van der Waals surface area contributed by atoms with E-state index in [0.717, 1.165) is 20.8 Å². The number of imide groups is 1. The molecule has 1 aromatic heterocycles. The SMILES string of the molecule is CN(Cc1nc2ccccc2s1)[C@H](C(=O)NC(N)=O)c1ccccc1. The normalized spacial score (nSPS) is 12.2. The van der Waals surface area contributed by atoms with Crippen LogP contribution in [-0.2, 0) is 11.3 Å². The number of fused-ring (bicyclic) bond motifs is 1. The Morgan fingerprint density at radius 3 is 2.52 bits per heavy atom. The predicted molar refractivity (Wildman–Crippen MR) is 98.0 cm³/mol. The summed E-state index contributed by atoms with van der Waals surface area (Å²) >= 11 is 1.59. The van der Waals surface area contributed by atoms with Crippen molar-refractivity contribution in [2.24, 2.45) is 5.73 Å². The van der Waals surface area contributed by atoms with Gasteiger partial charge >= 0.3 is 6.03 Å². The van der Waals surface area contributed by atoms with Gasteiger partial charge in [0.05, 0.1) is 16.8 Å². The molecule has 128 valence electrons. The lowest BCUT2D eigenvalue weighted by Crippen LogP contribution is -2.43. The van der Waals surface area contributed by atoms with E-state index in [1.54, 1.807) is 11.3 Å². The largest absolute Gasteiger partial charge is 0.351 e. The zero-order valence-corrected chi connectivity index (χ0v) is 14.5. The minimum absolute atomic E-state index is 0.456. The van der Waals surface area contributed by atoms with Gasteiger partial charge in [-0.1, -0.05) is 42.5 Å². The molecule has 3 rings (SSSR count). The van der Waals surface area contributed by atoms with Crippen LogP contribution < -0.4 is 11.1 Å². The van der Waals surface area contributed by atoms with E-state index >= 15 is 0 Å². The summed E-state index contributed by atoms with van der Waals surface area (Å²) in [4.78, 5) is 30.0. The summed E-state index contributed by atoms with van der Waals surface area (Å²) in [5.74, 6) is -0.456. The molecule has 0 unspecified atom stereocenters. The number of thiazole rings is 1. The first-order valence-electron chi connectivity index (χ1n) is 7.74. The maximum absolute atomic E-state index is 12.5. The topological polar surface area (TPSA) is 88.3 Å². The zero-order chi connectivity index (χ0) is 17.8. The van der Waals surface area contributed by atoms with Crippen molar-refractivity contribution < 1.29 is 9.59 Å². The van der Waals surface area contributed by atoms with Crippen LogP contribution in [0.2, 0.25) is 0 Å². The molecular weight excluding hydrogens is 336 g/mol. The second kappa shape index (κ2) is 7.42. The molecule has 3 amide bonds. The Bertz CT molecular complexity index is 861. The van der Waals surface area contributed by atoms with E-state index in [4.69, 9.17) is 5.73 Å². The Morgan fingerprint density at radius 1 is 1.16 bits per heavy atom. The van der Waals surface area contributed by atoms with Crippen LogP contribution in [0.4, 0.5) is 4.79 Å². The molecule has 1 atom stereocenters. The maximum atomic E-state index is 12.5. The third kappa shape index (κ3) is 4.01. The van der Waals surface area contributed by atoms with Crippen molar-refractivity contribution in [1.29, 1.82) is 0 Å². The molecule has 2 aromatic carbocycles. The van der Waals surface area contributed by atoms with Gasteiger partial charge in [-0.05, 0) is 24.7 Å². The van der Waals surface area contributed by atoms with Crippen LogP contribution >= 0.6 is 11.3 Å². The van der Waals surface area contributed by atoms with Gasteiger partial charge in [-0.3, -0.25) is 15.0 Å². The smallest absolute Gasteiger partial charge is 0.318 e. The van der Waals surface area contributed by atoms with Gasteiger partial charge in [0.1, 0.15) is 11.0 Å². The average molecular weight is 354 g/mol. The number of benzene rings is 2. The minimum Gasteiger partial charge on any atom is -0.351 e. The molecule has 1 heterocycles. The van der Waals surface area contributed by atoms with Crippen LogP contribution in [0.15, 0.2) is 54.6 Å². The first-order chi connectivity index (χ1) is 12.0. The van der Waals surface area contributed by atoms with Crippen molar-refractivity contribution in [3.63, 3.8) is 0 Å². The number of urea groups is 1. The van der Waals surface area contributed by atoms with Gasteiger partial charge < -0.3 is 5.73 Å². The monoisotopic (exact) mass is 354 g/mol. The molecule has 25 heavy (non-hydrogen) atoms. The molecule has 0 fully saturated rings. The number of likely N-dealkylation sites (N-methyl/N-ethyl adjacent to an activating group) is 1. The number of nitrogens with one attached hydrogen (secondary N) is 1. The Balaban J connectivity index is 1.86. The molecule has 7 heteroatoms. The van der Waals surface area contributed by atoms with E-state index in [9.17, 15) is 9.59 Å². The fourth-order valence-electron chi connectivity index (χ4n) is 2.72. The number of carbonyl (C=O) groups is 2. The summed E-state index contributed by atoms with van der Waals surface area (Å²) in [5, 5.41) is 3.08. The van der Waals surface area contributed by atoms with Crippen molar-refractivity contribution in [1.82, 2.24) is 15.2 Å². The summed E-state index contributed by atoms with van der Waals surface area (Å²) in [5.41, 5.74) is 6.83. The lowest BCUT2D eigenvalue weighted by atomic mass is 10.0. The van der Waals surface area contributed by atoms with Crippen LogP contribution in [0.3, 0.4) is 0 Å². The summed E-state index contributed by atoms with van der Waals surface area (Å²) in [6, 6.07) is 15.7. The van der Waals surface area contributed by atoms with Crippen LogP contribution in [-0.4, -0.2) is 28.9 Å². The van der Waals surface area contributed by atoms with E-state index < -0.39 is 18.0 Å². The molecule has 0 aliphatic heterocycles. The highest BCUT2D eigenvalue weighted by Gasteiger charge is 2.26. The Morgan fingerprint density at radius 2 is 1.84 bits per heavy atom. The number of amides is 3. The molecular formula is C18H18N4O2S. The molecule has 0 saturated heterocycles. The lowest BCUT2D eigenvalue weighted by Gasteiger charge is -2.26. The number of primary amides is 1. The van der Waals surface area contributed by atoms with E-state index in [1.807, 2.05) is 66.5 Å². The van der Waals surface area contributed by atoms with E-state index in [-0.39, 0.29) is 0 Å². The second-order valence-corrected chi connectivity index (χ2v) is 6.77. The molecule has 3 aromatic rings. The van der Waals surface area contributed by atoms with Crippen LogP contribution in [0.5, 0.6) is 0 Å². The van der Waals surface area contributed by atoms with E-state index in [2.05, 4.69) is 10.3 Å². The minimum atomic E-state index is -0.862. The van der Waals surface area contributed by atoms with Crippen molar-refractivity contribution in [2.45, 2.75) is 12.6 Å². The average Bonchev–Trinajstić information content (AvgIpc) is 2.97. The number of rotatable bonds is 5. The summed E-state index contributed by atoms with van der Waals surface area (Å²) in [6.45, 7) is 0.477. The van der Waals surface area contributed by atoms with Gasteiger partial charge in [0.15, 0.2) is 0 Å². The first-order valence-corrected chi connectivity index (χ1v) is 8.56. The summed E-state index contributed by atoms with van der Waals surface area (Å²) < 4.78 is 1.10. The van der Waals surface area contributed by atoms with Crippen LogP contribution in [0.1, 0.15) is 16.6 Å². The fourth-order valence-corrected chi connectivity index (χ4v) is 3.75. The third-order valence-corrected chi connectivity index (χ3v) is 4.79. The number of carbonyl (C=O) groups excluding carboxylic acids is 2. The number of para-hydroxylation sites is 1. The number of hydrogen-bond donors (Lipinski definition) is 2. The zero-order valence-electron chi connectivity index (χ0n) is 13.7. The van der Waals surface area contributed by atoms with Crippen molar-refractivity contribution >= 4 is 33.5 Å². The molecule has 0 radical (unpaired) electrons. The number of nitrogens with two attached hydrogens (primary N) is 1. The van der Waals surface area contributed by atoms with Crippen molar-refractivity contribution in [3.8, 4) is 0 Å². The Labute approximate surface area is 149 Å². The molecule has 0 saturated carbocycles. The highest BCUT2D eigenvalue weighted by molar-refractivity contribution is 7.18. The third-order valence-electron chi connectivity index (χ3n) is 3.77. The fraction of sp³-hybridized carbons (Fsp3) is 0.167. The molecule has 0 spiro atoms. The molecule has 0 aliphatic rings. The second-order valence-electron chi connectivity index (χ2n) is 5.66. The maximum Gasteiger partial charge on any atom is 0.318 e. The molecule has 0 bridgehead atoms. The van der Waals surface area contributed by atoms with Gasteiger partial charge in [-0.2, -0.15) is 0 Å². The van der Waals surface area contributed by atoms with Crippen LogP contribution in [0.25, 0.3) is 10.2 Å². The van der Waals surface area contributed by atoms with Crippen molar-refractivity contribution in [2.75, 3.05) is 7.05 Å². The lowest BCUT2D eigenvalue weighted by molar-refractivity contribution is -0.125. The Kier molecular flexibility index (Phi) is 5.06. The summed E-state index contributed by atoms with van der Waals surface area (Å²) in [6.07, 6.45) is 0. The molecule has 3 N–H and O–H groups in total. The molecule has 0 aliphatic carbocycles. The molecule has 6 nitrogen and oxygen atoms in total. The first kappa shape index (κ1) is 17.1. The summed E-state index contributed by atoms with van der Waals surface area (Å²) in [7, 11) is 1.82. The predicted octanol–water partition coefficient (Wildman–Crippen LogP) is 2.66. The van der Waals surface area contributed by atoms with Crippen molar-refractivity contribution in [3.05, 3.63) is 65.2 Å². The standard InChI is InChI=1S/C18H18N4O2S/c1-22(11-15-20-13-9-5-6-10-14(13)25-15)16(17(23)21-18(19)24)12-7-3-2-4-8-12/h2-10,16H,11H2,1H3,(H3,19,21,23,24)/t16-/m0/s1.